The monoisotopic (exact) mass is 407 g/mol. The number of nitrogens with one attached hydrogen (secondary N) is 1. The number of hydrogen-bond donors (Lipinski definition) is 5. The van der Waals surface area contributed by atoms with Crippen LogP contribution in [0, 0.1) is 6.92 Å². The summed E-state index contributed by atoms with van der Waals surface area (Å²) in [4.78, 5) is 11.1. The summed E-state index contributed by atoms with van der Waals surface area (Å²) in [7, 11) is 0. The highest BCUT2D eigenvalue weighted by Gasteiger charge is 2.43. The Labute approximate surface area is 165 Å². The van der Waals surface area contributed by atoms with Crippen LogP contribution in [-0.2, 0) is 12.3 Å². The summed E-state index contributed by atoms with van der Waals surface area (Å²) >= 11 is 0. The molecule has 0 bridgehead atoms. The van der Waals surface area contributed by atoms with Crippen LogP contribution in [0.1, 0.15) is 34.9 Å². The maximum absolute atomic E-state index is 13.1. The Morgan fingerprint density at radius 3 is 2.52 bits per heavy atom. The van der Waals surface area contributed by atoms with E-state index in [1.54, 1.807) is 6.33 Å². The Hall–Kier alpha value is -2.46. The summed E-state index contributed by atoms with van der Waals surface area (Å²) in [5.74, 6) is -2.79. The Balaban J connectivity index is 0.000000200. The quantitative estimate of drug-likeness (QED) is 0.439. The third-order valence-electron chi connectivity index (χ3n) is 4.97. The van der Waals surface area contributed by atoms with Crippen molar-refractivity contribution in [3.8, 4) is 0 Å². The van der Waals surface area contributed by atoms with Gasteiger partial charge in [-0.1, -0.05) is 18.2 Å². The van der Waals surface area contributed by atoms with Gasteiger partial charge in [0.1, 0.15) is 18.1 Å². The molecule has 0 fully saturated rings. The van der Waals surface area contributed by atoms with Crippen LogP contribution in [0.25, 0.3) is 11.0 Å². The minimum Gasteiger partial charge on any atom is -0.394 e. The van der Waals surface area contributed by atoms with Gasteiger partial charge in [0, 0.05) is 30.0 Å². The molecule has 0 spiro atoms. The lowest BCUT2D eigenvalue weighted by Crippen LogP contribution is -2.31. The van der Waals surface area contributed by atoms with Gasteiger partial charge >= 0.3 is 0 Å². The molecule has 0 radical (unpaired) electrons. The highest BCUT2D eigenvalue weighted by Crippen LogP contribution is 2.44. The molecular weight excluding hydrogens is 384 g/mol. The minimum absolute atomic E-state index is 0.0283. The number of halogens is 2. The highest BCUT2D eigenvalue weighted by molar-refractivity contribution is 5.77. The van der Waals surface area contributed by atoms with E-state index in [9.17, 15) is 24.1 Å². The van der Waals surface area contributed by atoms with Crippen molar-refractivity contribution in [3.63, 3.8) is 0 Å². The molecule has 0 saturated carbocycles. The van der Waals surface area contributed by atoms with Crippen molar-refractivity contribution in [2.75, 3.05) is 6.61 Å². The predicted molar refractivity (Wildman–Crippen MR) is 101 cm³/mol. The molecule has 0 amide bonds. The normalized spacial score (nSPS) is 17.5. The summed E-state index contributed by atoms with van der Waals surface area (Å²) in [5.41, 5.74) is 2.80. The van der Waals surface area contributed by atoms with Crippen molar-refractivity contribution in [1.29, 1.82) is 0 Å². The van der Waals surface area contributed by atoms with E-state index in [1.807, 2.05) is 19.2 Å². The first-order valence-electron chi connectivity index (χ1n) is 9.13. The fourth-order valence-corrected chi connectivity index (χ4v) is 3.20. The van der Waals surface area contributed by atoms with Crippen LogP contribution >= 0.6 is 0 Å². The molecule has 29 heavy (non-hydrogen) atoms. The first kappa shape index (κ1) is 21.3. The third-order valence-corrected chi connectivity index (χ3v) is 4.97. The van der Waals surface area contributed by atoms with Gasteiger partial charge in [0.25, 0.3) is 5.92 Å². The number of fused-ring (bicyclic) bond motifs is 2. The SMILES string of the molecule is Cc1ncnc2[nH]ccc12.OCC(O)C(O)CC(O)c1ccc2c(c1)CC2(F)F. The van der Waals surface area contributed by atoms with E-state index < -0.39 is 30.8 Å². The van der Waals surface area contributed by atoms with Crippen LogP contribution in [-0.4, -0.2) is 54.2 Å². The van der Waals surface area contributed by atoms with Gasteiger partial charge in [-0.3, -0.25) is 0 Å². The number of aromatic amines is 1. The maximum Gasteiger partial charge on any atom is 0.277 e. The zero-order chi connectivity index (χ0) is 21.2. The molecule has 1 aliphatic rings. The average Bonchev–Trinajstić information content (AvgIpc) is 3.17. The van der Waals surface area contributed by atoms with E-state index in [4.69, 9.17) is 5.11 Å². The molecule has 1 aromatic carbocycles. The number of aromatic nitrogens is 3. The second kappa shape index (κ2) is 8.50. The fourth-order valence-electron chi connectivity index (χ4n) is 3.20. The molecule has 156 valence electrons. The number of benzene rings is 1. The smallest absolute Gasteiger partial charge is 0.277 e. The van der Waals surface area contributed by atoms with Crippen molar-refractivity contribution in [1.82, 2.24) is 15.0 Å². The van der Waals surface area contributed by atoms with Gasteiger partial charge in [-0.2, -0.15) is 0 Å². The van der Waals surface area contributed by atoms with Crippen molar-refractivity contribution in [2.45, 2.75) is 44.0 Å². The number of aliphatic hydroxyl groups excluding tert-OH is 4. The second-order valence-corrected chi connectivity index (χ2v) is 7.07. The highest BCUT2D eigenvalue weighted by atomic mass is 19.3. The lowest BCUT2D eigenvalue weighted by Gasteiger charge is -2.30. The molecule has 0 aliphatic heterocycles. The largest absolute Gasteiger partial charge is 0.394 e. The fraction of sp³-hybridized carbons (Fsp3) is 0.400. The number of aryl methyl sites for hydroxylation is 1. The second-order valence-electron chi connectivity index (χ2n) is 7.07. The molecule has 2 heterocycles. The number of alkyl halides is 2. The van der Waals surface area contributed by atoms with E-state index in [0.717, 1.165) is 16.7 Å². The first-order chi connectivity index (χ1) is 13.7. The topological polar surface area (TPSA) is 122 Å². The van der Waals surface area contributed by atoms with E-state index in [1.165, 1.54) is 18.2 Å². The molecule has 4 rings (SSSR count). The third kappa shape index (κ3) is 4.59. The summed E-state index contributed by atoms with van der Waals surface area (Å²) < 4.78 is 26.1. The summed E-state index contributed by atoms with van der Waals surface area (Å²) in [6.45, 7) is 1.36. The van der Waals surface area contributed by atoms with Crippen LogP contribution in [0.15, 0.2) is 36.8 Å². The Morgan fingerprint density at radius 1 is 1.14 bits per heavy atom. The van der Waals surface area contributed by atoms with Crippen LogP contribution in [0.2, 0.25) is 0 Å². The van der Waals surface area contributed by atoms with Gasteiger partial charge < -0.3 is 25.4 Å². The average molecular weight is 407 g/mol. The van der Waals surface area contributed by atoms with Crippen LogP contribution in [0.4, 0.5) is 8.78 Å². The van der Waals surface area contributed by atoms with E-state index in [2.05, 4.69) is 15.0 Å². The molecular formula is C20H23F2N3O4. The lowest BCUT2D eigenvalue weighted by molar-refractivity contribution is -0.0375. The lowest BCUT2D eigenvalue weighted by atomic mass is 9.82. The summed E-state index contributed by atoms with van der Waals surface area (Å²) in [6, 6.07) is 6.11. The molecule has 0 saturated heterocycles. The van der Waals surface area contributed by atoms with Crippen LogP contribution in [0.3, 0.4) is 0 Å². The van der Waals surface area contributed by atoms with Crippen molar-refractivity contribution in [3.05, 3.63) is 59.2 Å². The zero-order valence-electron chi connectivity index (χ0n) is 15.8. The molecule has 9 heteroatoms. The number of aliphatic hydroxyl groups is 4. The van der Waals surface area contributed by atoms with Gasteiger partial charge in [0.05, 0.1) is 24.5 Å². The zero-order valence-corrected chi connectivity index (χ0v) is 15.8. The molecule has 3 unspecified atom stereocenters. The van der Waals surface area contributed by atoms with Crippen molar-refractivity contribution < 1.29 is 29.2 Å². The summed E-state index contributed by atoms with van der Waals surface area (Å²) in [5, 5.41) is 38.3. The van der Waals surface area contributed by atoms with Gasteiger partial charge in [-0.15, -0.1) is 0 Å². The van der Waals surface area contributed by atoms with Gasteiger partial charge in [-0.05, 0) is 24.1 Å². The molecule has 5 N–H and O–H groups in total. The maximum atomic E-state index is 13.1. The number of rotatable bonds is 5. The molecule has 1 aliphatic carbocycles. The Bertz CT molecular complexity index is 979. The Kier molecular flexibility index (Phi) is 6.23. The standard InChI is InChI=1S/C13H16F2O4.C7H7N3/c14-13(15)5-8-3-7(1-2-9(8)13)10(17)4-11(18)12(19)6-16;1-5-6-2-3-8-7(6)10-4-9-5/h1-3,10-12,16-19H,4-6H2;2-4H,1H3,(H,8,9,10). The van der Waals surface area contributed by atoms with Gasteiger partial charge in [0.2, 0.25) is 0 Å². The minimum atomic E-state index is -2.79. The number of nitrogens with zero attached hydrogens (tertiary/aromatic N) is 2. The number of hydrogen-bond acceptors (Lipinski definition) is 6. The summed E-state index contributed by atoms with van der Waals surface area (Å²) in [6.07, 6.45) is -0.754. The van der Waals surface area contributed by atoms with Crippen LogP contribution < -0.4 is 0 Å². The van der Waals surface area contributed by atoms with E-state index >= 15 is 0 Å². The number of H-pyrrole nitrogens is 1. The molecule has 7 nitrogen and oxygen atoms in total. The van der Waals surface area contributed by atoms with E-state index in [0.29, 0.717) is 11.1 Å². The van der Waals surface area contributed by atoms with Gasteiger partial charge in [0.15, 0.2) is 0 Å². The molecule has 2 aromatic heterocycles. The molecule has 3 atom stereocenters. The van der Waals surface area contributed by atoms with Crippen molar-refractivity contribution in [2.24, 2.45) is 0 Å². The van der Waals surface area contributed by atoms with Gasteiger partial charge in [-0.25, -0.2) is 18.7 Å². The molecule has 3 aromatic rings. The van der Waals surface area contributed by atoms with Crippen LogP contribution in [0.5, 0.6) is 0 Å². The van der Waals surface area contributed by atoms with E-state index in [-0.39, 0.29) is 18.4 Å². The first-order valence-corrected chi connectivity index (χ1v) is 9.13. The predicted octanol–water partition coefficient (Wildman–Crippen LogP) is 1.74. The Morgan fingerprint density at radius 2 is 1.90 bits per heavy atom. The van der Waals surface area contributed by atoms with Crippen molar-refractivity contribution >= 4 is 11.0 Å².